The normalized spacial score (nSPS) is 11.6. The molecule has 0 saturated carbocycles. The van der Waals surface area contributed by atoms with Gasteiger partial charge < -0.3 is 9.32 Å². The number of furan rings is 1. The van der Waals surface area contributed by atoms with Gasteiger partial charge in [0.1, 0.15) is 11.2 Å². The van der Waals surface area contributed by atoms with E-state index in [1.54, 1.807) is 0 Å². The summed E-state index contributed by atoms with van der Waals surface area (Å²) in [7, 11) is 0. The van der Waals surface area contributed by atoms with Crippen LogP contribution in [0.15, 0.2) is 192 Å². The van der Waals surface area contributed by atoms with Gasteiger partial charge in [0.25, 0.3) is 0 Å². The second kappa shape index (κ2) is 11.5. The third-order valence-corrected chi connectivity index (χ3v) is 10.0. The van der Waals surface area contributed by atoms with Crippen LogP contribution in [0.4, 0.5) is 17.1 Å². The molecule has 0 radical (unpaired) electrons. The summed E-state index contributed by atoms with van der Waals surface area (Å²) in [6, 6.07) is 67.6. The molecule has 9 aromatic carbocycles. The van der Waals surface area contributed by atoms with Crippen LogP contribution in [0.5, 0.6) is 0 Å². The Kier molecular flexibility index (Phi) is 6.53. The van der Waals surface area contributed by atoms with Crippen LogP contribution in [0.2, 0.25) is 0 Å². The molecule has 2 nitrogen and oxygen atoms in total. The Morgan fingerprint density at radius 3 is 1.90 bits per heavy atom. The Bertz CT molecular complexity index is 2880. The maximum absolute atomic E-state index is 6.52. The molecule has 234 valence electrons. The number of benzene rings is 9. The molecule has 2 heteroatoms. The fourth-order valence-electron chi connectivity index (χ4n) is 7.67. The zero-order valence-corrected chi connectivity index (χ0v) is 27.3. The average molecular weight is 638 g/mol. The summed E-state index contributed by atoms with van der Waals surface area (Å²) in [5.41, 5.74) is 9.82. The molecule has 0 amide bonds. The topological polar surface area (TPSA) is 16.4 Å². The van der Waals surface area contributed by atoms with Crippen molar-refractivity contribution >= 4 is 71.3 Å². The Morgan fingerprint density at radius 1 is 0.320 bits per heavy atom. The monoisotopic (exact) mass is 637 g/mol. The highest BCUT2D eigenvalue weighted by atomic mass is 16.3. The van der Waals surface area contributed by atoms with Crippen molar-refractivity contribution in [2.24, 2.45) is 0 Å². The summed E-state index contributed by atoms with van der Waals surface area (Å²) in [5.74, 6) is 0. The van der Waals surface area contributed by atoms with Crippen molar-refractivity contribution in [3.05, 3.63) is 188 Å². The number of nitrogens with zero attached hydrogens (tertiary/aromatic N) is 1. The highest BCUT2D eigenvalue weighted by molar-refractivity contribution is 6.23. The highest BCUT2D eigenvalue weighted by Gasteiger charge is 2.19. The number of anilines is 3. The van der Waals surface area contributed by atoms with E-state index in [0.717, 1.165) is 44.6 Å². The van der Waals surface area contributed by atoms with Gasteiger partial charge in [-0.05, 0) is 109 Å². The first-order chi connectivity index (χ1) is 24.8. The number of hydrogen-bond donors (Lipinski definition) is 0. The first-order valence-corrected chi connectivity index (χ1v) is 17.1. The fraction of sp³-hybridized carbons (Fsp3) is 0. The zero-order chi connectivity index (χ0) is 33.0. The lowest BCUT2D eigenvalue weighted by molar-refractivity contribution is 0.669. The van der Waals surface area contributed by atoms with Crippen LogP contribution in [0, 0.1) is 0 Å². The molecule has 0 N–H and O–H groups in total. The first kappa shape index (κ1) is 28.4. The van der Waals surface area contributed by atoms with Gasteiger partial charge in [0.2, 0.25) is 0 Å². The maximum Gasteiger partial charge on any atom is 0.136 e. The molecule has 0 unspecified atom stereocenters. The second-order valence-electron chi connectivity index (χ2n) is 12.9. The van der Waals surface area contributed by atoms with Crippen LogP contribution < -0.4 is 4.90 Å². The fourth-order valence-corrected chi connectivity index (χ4v) is 7.67. The minimum Gasteiger partial charge on any atom is -0.456 e. The molecule has 10 aromatic rings. The molecule has 1 heterocycles. The summed E-state index contributed by atoms with van der Waals surface area (Å²) in [5, 5.41) is 9.57. The van der Waals surface area contributed by atoms with Crippen LogP contribution in [0.1, 0.15) is 0 Å². The maximum atomic E-state index is 6.52. The van der Waals surface area contributed by atoms with Gasteiger partial charge in [0.15, 0.2) is 0 Å². The minimum absolute atomic E-state index is 0.900. The van der Waals surface area contributed by atoms with Crippen molar-refractivity contribution in [2.45, 2.75) is 0 Å². The third-order valence-electron chi connectivity index (χ3n) is 10.0. The summed E-state index contributed by atoms with van der Waals surface area (Å²) < 4.78 is 6.52. The van der Waals surface area contributed by atoms with E-state index >= 15 is 0 Å². The molecule has 0 aliphatic carbocycles. The highest BCUT2D eigenvalue weighted by Crippen LogP contribution is 2.45. The van der Waals surface area contributed by atoms with Crippen molar-refractivity contribution < 1.29 is 4.42 Å². The van der Waals surface area contributed by atoms with Gasteiger partial charge in [-0.25, -0.2) is 0 Å². The van der Waals surface area contributed by atoms with Crippen molar-refractivity contribution in [3.63, 3.8) is 0 Å². The average Bonchev–Trinajstić information content (AvgIpc) is 3.56. The van der Waals surface area contributed by atoms with E-state index < -0.39 is 0 Å². The number of rotatable bonds is 5. The minimum atomic E-state index is 0.900. The number of fused-ring (bicyclic) bond motifs is 7. The van der Waals surface area contributed by atoms with Gasteiger partial charge in [-0.2, -0.15) is 0 Å². The van der Waals surface area contributed by atoms with Crippen molar-refractivity contribution in [1.82, 2.24) is 0 Å². The summed E-state index contributed by atoms with van der Waals surface area (Å²) in [4.78, 5) is 2.37. The molecule has 0 spiro atoms. The number of hydrogen-bond acceptors (Lipinski definition) is 2. The lowest BCUT2D eigenvalue weighted by atomic mass is 9.91. The van der Waals surface area contributed by atoms with Crippen LogP contribution in [-0.4, -0.2) is 0 Å². The molecular weight excluding hydrogens is 607 g/mol. The Labute approximate surface area is 290 Å². The van der Waals surface area contributed by atoms with E-state index in [9.17, 15) is 0 Å². The molecule has 0 fully saturated rings. The summed E-state index contributed by atoms with van der Waals surface area (Å²) in [6.45, 7) is 0. The lowest BCUT2D eigenvalue weighted by Gasteiger charge is -2.27. The quantitative estimate of drug-likeness (QED) is 0.187. The van der Waals surface area contributed by atoms with Crippen molar-refractivity contribution in [2.75, 3.05) is 4.90 Å². The van der Waals surface area contributed by atoms with Gasteiger partial charge in [-0.3, -0.25) is 0 Å². The Hall–Kier alpha value is -6.64. The van der Waals surface area contributed by atoms with Crippen LogP contribution in [0.3, 0.4) is 0 Å². The van der Waals surface area contributed by atoms with E-state index in [-0.39, 0.29) is 0 Å². The molecule has 0 atom stereocenters. The summed E-state index contributed by atoms with van der Waals surface area (Å²) >= 11 is 0. The van der Waals surface area contributed by atoms with Gasteiger partial charge in [-0.1, -0.05) is 133 Å². The zero-order valence-electron chi connectivity index (χ0n) is 27.3. The molecule has 0 bridgehead atoms. The van der Waals surface area contributed by atoms with E-state index in [1.807, 2.05) is 6.07 Å². The van der Waals surface area contributed by atoms with E-state index in [1.165, 1.54) is 49.0 Å². The molecule has 10 rings (SSSR count). The molecule has 0 aliphatic rings. The lowest BCUT2D eigenvalue weighted by Crippen LogP contribution is -2.10. The Morgan fingerprint density at radius 2 is 1.00 bits per heavy atom. The van der Waals surface area contributed by atoms with Crippen LogP contribution >= 0.6 is 0 Å². The molecule has 0 aliphatic heterocycles. The second-order valence-corrected chi connectivity index (χ2v) is 12.9. The van der Waals surface area contributed by atoms with Gasteiger partial charge in [0, 0.05) is 27.8 Å². The van der Waals surface area contributed by atoms with E-state index in [4.69, 9.17) is 4.42 Å². The molecule has 50 heavy (non-hydrogen) atoms. The van der Waals surface area contributed by atoms with E-state index in [2.05, 4.69) is 187 Å². The van der Waals surface area contributed by atoms with Crippen LogP contribution in [-0.2, 0) is 0 Å². The van der Waals surface area contributed by atoms with Gasteiger partial charge >= 0.3 is 0 Å². The number of para-hydroxylation sites is 2. The first-order valence-electron chi connectivity index (χ1n) is 17.1. The largest absolute Gasteiger partial charge is 0.456 e. The smallest absolute Gasteiger partial charge is 0.136 e. The Balaban J connectivity index is 1.23. The van der Waals surface area contributed by atoms with Crippen molar-refractivity contribution in [3.8, 4) is 22.3 Å². The van der Waals surface area contributed by atoms with Crippen LogP contribution in [0.25, 0.3) is 76.5 Å². The van der Waals surface area contributed by atoms with Crippen molar-refractivity contribution in [1.29, 1.82) is 0 Å². The predicted molar refractivity (Wildman–Crippen MR) is 212 cm³/mol. The summed E-state index contributed by atoms with van der Waals surface area (Å²) in [6.07, 6.45) is 0. The standard InChI is InChI=1S/C48H31NO/c1-2-17-37(18-3-1)49(38-19-10-16-35(29-38)36-25-24-32-12-4-5-14-34(32)28-36)39-26-27-42-44(30-39)45(41-22-11-15-33-13-6-7-20-40(33)41)31-47-48(42)43-21-8-9-23-46(43)50-47/h1-31H. The predicted octanol–water partition coefficient (Wildman–Crippen LogP) is 13.8. The molecule has 0 saturated heterocycles. The SMILES string of the molecule is c1ccc(N(c2cccc(-c3ccc4ccccc4c3)c2)c2ccc3c(c2)c(-c2cccc4ccccc24)cc2oc4ccccc4c23)cc1. The van der Waals surface area contributed by atoms with Gasteiger partial charge in [0.05, 0.1) is 0 Å². The third kappa shape index (κ3) is 4.65. The van der Waals surface area contributed by atoms with Gasteiger partial charge in [-0.15, -0.1) is 0 Å². The molecular formula is C48H31NO. The van der Waals surface area contributed by atoms with E-state index in [0.29, 0.717) is 0 Å². The molecule has 1 aromatic heterocycles.